The van der Waals surface area contributed by atoms with Crippen molar-refractivity contribution in [1.29, 1.82) is 0 Å². The molecule has 0 bridgehead atoms. The number of amides is 2. The second-order valence-electron chi connectivity index (χ2n) is 3.69. The summed E-state index contributed by atoms with van der Waals surface area (Å²) in [6.07, 6.45) is 0.758. The average molecular weight is 240 g/mol. The number of anilines is 2. The number of aldehydes is 1. The average Bonchev–Trinajstić information content (AvgIpc) is 2.40. The first-order valence-electron chi connectivity index (χ1n) is 5.46. The van der Waals surface area contributed by atoms with Crippen LogP contribution in [-0.2, 0) is 0 Å². The maximum Gasteiger partial charge on any atom is 0.323 e. The number of nitrogens with one attached hydrogen (secondary N) is 2. The fraction of sp³-hybridized carbons (Fsp3) is 0. The van der Waals surface area contributed by atoms with E-state index in [0.717, 1.165) is 12.0 Å². The zero-order chi connectivity index (χ0) is 12.8. The summed E-state index contributed by atoms with van der Waals surface area (Å²) in [7, 11) is 0. The number of carbonyl (C=O) groups excluding carboxylic acids is 2. The molecule has 18 heavy (non-hydrogen) atoms. The third kappa shape index (κ3) is 3.18. The number of hydrogen-bond donors (Lipinski definition) is 2. The summed E-state index contributed by atoms with van der Waals surface area (Å²) in [5.74, 6) is 0. The van der Waals surface area contributed by atoms with Gasteiger partial charge in [-0.25, -0.2) is 4.79 Å². The Kier molecular flexibility index (Phi) is 3.71. The Balaban J connectivity index is 1.96. The molecule has 0 unspecified atom stereocenters. The van der Waals surface area contributed by atoms with Crippen molar-refractivity contribution in [3.8, 4) is 0 Å². The van der Waals surface area contributed by atoms with Crippen molar-refractivity contribution in [3.05, 3.63) is 60.2 Å². The highest BCUT2D eigenvalue weighted by molar-refractivity contribution is 5.99. The molecule has 0 radical (unpaired) electrons. The first-order chi connectivity index (χ1) is 8.78. The molecule has 0 aliphatic rings. The minimum absolute atomic E-state index is 0.319. The second kappa shape index (κ2) is 5.63. The van der Waals surface area contributed by atoms with E-state index in [1.54, 1.807) is 36.4 Å². The molecule has 0 aliphatic heterocycles. The molecule has 0 aliphatic carbocycles. The van der Waals surface area contributed by atoms with Crippen molar-refractivity contribution >= 4 is 23.7 Å². The standard InChI is InChI=1S/C14H12N2O2/c17-10-11-6-8-13(9-7-11)16-14(18)15-12-4-2-1-3-5-12/h1-10H,(H2,15,16,18). The summed E-state index contributed by atoms with van der Waals surface area (Å²) in [4.78, 5) is 22.1. The number of para-hydroxylation sites is 1. The molecule has 2 N–H and O–H groups in total. The fourth-order valence-corrected chi connectivity index (χ4v) is 1.46. The largest absolute Gasteiger partial charge is 0.323 e. The fourth-order valence-electron chi connectivity index (χ4n) is 1.46. The van der Waals surface area contributed by atoms with Crippen molar-refractivity contribution in [1.82, 2.24) is 0 Å². The molecule has 0 aromatic heterocycles. The molecule has 0 spiro atoms. The van der Waals surface area contributed by atoms with E-state index in [0.29, 0.717) is 11.3 Å². The van der Waals surface area contributed by atoms with E-state index in [2.05, 4.69) is 10.6 Å². The summed E-state index contributed by atoms with van der Waals surface area (Å²) in [6.45, 7) is 0. The Morgan fingerprint density at radius 1 is 0.833 bits per heavy atom. The van der Waals surface area contributed by atoms with Gasteiger partial charge in [-0.3, -0.25) is 4.79 Å². The van der Waals surface area contributed by atoms with Crippen LogP contribution in [0.25, 0.3) is 0 Å². The third-order valence-corrected chi connectivity index (χ3v) is 2.34. The summed E-state index contributed by atoms with van der Waals surface area (Å²) in [6, 6.07) is 15.5. The molecule has 0 saturated carbocycles. The highest BCUT2D eigenvalue weighted by atomic mass is 16.2. The van der Waals surface area contributed by atoms with Gasteiger partial charge in [-0.15, -0.1) is 0 Å². The van der Waals surface area contributed by atoms with Crippen LogP contribution in [0.15, 0.2) is 54.6 Å². The highest BCUT2D eigenvalue weighted by Crippen LogP contribution is 2.10. The van der Waals surface area contributed by atoms with Crippen molar-refractivity contribution in [2.45, 2.75) is 0 Å². The van der Waals surface area contributed by atoms with Gasteiger partial charge in [-0.2, -0.15) is 0 Å². The van der Waals surface area contributed by atoms with Crippen molar-refractivity contribution in [2.75, 3.05) is 10.6 Å². The van der Waals surface area contributed by atoms with Gasteiger partial charge >= 0.3 is 6.03 Å². The van der Waals surface area contributed by atoms with E-state index < -0.39 is 0 Å². The predicted molar refractivity (Wildman–Crippen MR) is 70.9 cm³/mol. The number of urea groups is 1. The normalized spacial score (nSPS) is 9.56. The van der Waals surface area contributed by atoms with Crippen LogP contribution in [0.3, 0.4) is 0 Å². The van der Waals surface area contributed by atoms with Crippen LogP contribution in [0.5, 0.6) is 0 Å². The van der Waals surface area contributed by atoms with E-state index in [1.807, 2.05) is 18.2 Å². The van der Waals surface area contributed by atoms with Gasteiger partial charge in [-0.05, 0) is 36.4 Å². The Labute approximate surface area is 105 Å². The number of rotatable bonds is 3. The van der Waals surface area contributed by atoms with Gasteiger partial charge in [-0.1, -0.05) is 18.2 Å². The molecule has 4 nitrogen and oxygen atoms in total. The second-order valence-corrected chi connectivity index (χ2v) is 3.69. The van der Waals surface area contributed by atoms with Gasteiger partial charge in [0, 0.05) is 16.9 Å². The van der Waals surface area contributed by atoms with Crippen molar-refractivity contribution in [2.24, 2.45) is 0 Å². The lowest BCUT2D eigenvalue weighted by atomic mass is 10.2. The lowest BCUT2D eigenvalue weighted by Crippen LogP contribution is -2.19. The zero-order valence-corrected chi connectivity index (χ0v) is 9.59. The summed E-state index contributed by atoms with van der Waals surface area (Å²) in [5.41, 5.74) is 1.93. The van der Waals surface area contributed by atoms with E-state index in [1.165, 1.54) is 0 Å². The molecule has 0 heterocycles. The highest BCUT2D eigenvalue weighted by Gasteiger charge is 2.01. The first-order valence-corrected chi connectivity index (χ1v) is 5.46. The van der Waals surface area contributed by atoms with Crippen molar-refractivity contribution < 1.29 is 9.59 Å². The van der Waals surface area contributed by atoms with E-state index >= 15 is 0 Å². The van der Waals surface area contributed by atoms with Crippen LogP contribution in [0.2, 0.25) is 0 Å². The Hall–Kier alpha value is -2.62. The molecule has 2 amide bonds. The Morgan fingerprint density at radius 2 is 1.39 bits per heavy atom. The summed E-state index contributed by atoms with van der Waals surface area (Å²) < 4.78 is 0. The zero-order valence-electron chi connectivity index (χ0n) is 9.59. The Morgan fingerprint density at radius 3 is 1.94 bits per heavy atom. The van der Waals surface area contributed by atoms with E-state index in [-0.39, 0.29) is 6.03 Å². The Bertz CT molecular complexity index is 535. The number of carbonyl (C=O) groups is 2. The SMILES string of the molecule is O=Cc1ccc(NC(=O)Nc2ccccc2)cc1. The van der Waals surface area contributed by atoms with Crippen LogP contribution >= 0.6 is 0 Å². The van der Waals surface area contributed by atoms with Gasteiger partial charge in [0.2, 0.25) is 0 Å². The summed E-state index contributed by atoms with van der Waals surface area (Å²) in [5, 5.41) is 5.38. The molecular formula is C14H12N2O2. The van der Waals surface area contributed by atoms with Crippen molar-refractivity contribution in [3.63, 3.8) is 0 Å². The van der Waals surface area contributed by atoms with E-state index in [9.17, 15) is 9.59 Å². The molecule has 4 heteroatoms. The van der Waals surface area contributed by atoms with Crippen LogP contribution in [0.1, 0.15) is 10.4 Å². The van der Waals surface area contributed by atoms with Crippen LogP contribution < -0.4 is 10.6 Å². The molecular weight excluding hydrogens is 228 g/mol. The molecule has 0 fully saturated rings. The maximum atomic E-state index is 11.6. The maximum absolute atomic E-state index is 11.6. The third-order valence-electron chi connectivity index (χ3n) is 2.34. The van der Waals surface area contributed by atoms with Gasteiger partial charge in [0.1, 0.15) is 6.29 Å². The van der Waals surface area contributed by atoms with Crippen LogP contribution in [-0.4, -0.2) is 12.3 Å². The smallest absolute Gasteiger partial charge is 0.308 e. The quantitative estimate of drug-likeness (QED) is 0.810. The van der Waals surface area contributed by atoms with E-state index in [4.69, 9.17) is 0 Å². The minimum atomic E-state index is -0.319. The van der Waals surface area contributed by atoms with Gasteiger partial charge in [0.05, 0.1) is 0 Å². The molecule has 2 aromatic rings. The minimum Gasteiger partial charge on any atom is -0.308 e. The number of benzene rings is 2. The predicted octanol–water partition coefficient (Wildman–Crippen LogP) is 3.14. The monoisotopic (exact) mass is 240 g/mol. The molecule has 2 rings (SSSR count). The topological polar surface area (TPSA) is 58.2 Å². The van der Waals surface area contributed by atoms with Crippen LogP contribution in [0, 0.1) is 0 Å². The van der Waals surface area contributed by atoms with Crippen LogP contribution in [0.4, 0.5) is 16.2 Å². The number of hydrogen-bond acceptors (Lipinski definition) is 2. The van der Waals surface area contributed by atoms with Gasteiger partial charge < -0.3 is 10.6 Å². The lowest BCUT2D eigenvalue weighted by molar-refractivity contribution is 0.112. The molecule has 0 atom stereocenters. The first kappa shape index (κ1) is 11.9. The molecule has 0 saturated heterocycles. The van der Waals surface area contributed by atoms with Gasteiger partial charge in [0.15, 0.2) is 0 Å². The summed E-state index contributed by atoms with van der Waals surface area (Å²) >= 11 is 0. The molecule has 2 aromatic carbocycles. The molecule has 90 valence electrons. The lowest BCUT2D eigenvalue weighted by Gasteiger charge is -2.07. The van der Waals surface area contributed by atoms with Gasteiger partial charge in [0.25, 0.3) is 0 Å².